The lowest BCUT2D eigenvalue weighted by Gasteiger charge is -2.23. The largest absolute Gasteiger partial charge is 0.461 e. The molecule has 4 rings (SSSR count). The Balaban J connectivity index is 1.48. The summed E-state index contributed by atoms with van der Waals surface area (Å²) >= 11 is 0. The predicted molar refractivity (Wildman–Crippen MR) is 101 cm³/mol. The van der Waals surface area contributed by atoms with Crippen molar-refractivity contribution in [1.29, 1.82) is 0 Å². The number of hydrogen-bond acceptors (Lipinski definition) is 4. The highest BCUT2D eigenvalue weighted by atomic mass is 19.3. The molecule has 0 saturated heterocycles. The van der Waals surface area contributed by atoms with E-state index in [0.29, 0.717) is 0 Å². The van der Waals surface area contributed by atoms with E-state index in [4.69, 9.17) is 9.47 Å². The molecule has 2 unspecified atom stereocenters. The number of ether oxygens (including phenoxy) is 2. The van der Waals surface area contributed by atoms with Gasteiger partial charge in [-0.3, -0.25) is 9.59 Å². The first-order chi connectivity index (χ1) is 14.0. The van der Waals surface area contributed by atoms with Gasteiger partial charge in [-0.15, -0.1) is 0 Å². The van der Waals surface area contributed by atoms with E-state index >= 15 is 0 Å². The molecule has 4 atom stereocenters. The molecule has 0 heterocycles. The predicted octanol–water partition coefficient (Wildman–Crippen LogP) is 4.16. The van der Waals surface area contributed by atoms with Gasteiger partial charge in [-0.25, -0.2) is 8.78 Å². The van der Waals surface area contributed by atoms with E-state index in [1.54, 1.807) is 48.5 Å². The second-order valence-corrected chi connectivity index (χ2v) is 7.35. The highest BCUT2D eigenvalue weighted by Gasteiger charge is 2.68. The van der Waals surface area contributed by atoms with Gasteiger partial charge in [0.05, 0.1) is 23.7 Å². The molecular weight excluding hydrogens is 378 g/mol. The smallest absolute Gasteiger partial charge is 0.311 e. The zero-order chi connectivity index (χ0) is 20.4. The number of carbonyl (C=O) groups excluding carboxylic acids is 2. The van der Waals surface area contributed by atoms with Gasteiger partial charge >= 0.3 is 11.9 Å². The van der Waals surface area contributed by atoms with E-state index in [0.717, 1.165) is 11.1 Å². The van der Waals surface area contributed by atoms with E-state index in [-0.39, 0.29) is 13.2 Å². The normalized spacial score (nSPS) is 26.3. The fourth-order valence-electron chi connectivity index (χ4n) is 4.12. The first-order valence-corrected chi connectivity index (χ1v) is 9.45. The van der Waals surface area contributed by atoms with Crippen molar-refractivity contribution < 1.29 is 27.8 Å². The lowest BCUT2D eigenvalue weighted by atomic mass is 9.83. The van der Waals surface area contributed by atoms with Crippen molar-refractivity contribution in [3.8, 4) is 0 Å². The van der Waals surface area contributed by atoms with Crippen LogP contribution < -0.4 is 0 Å². The summed E-state index contributed by atoms with van der Waals surface area (Å²) in [6, 6.07) is 17.9. The number of carbonyl (C=O) groups is 2. The fraction of sp³-hybridized carbons (Fsp3) is 0.304. The number of alkyl halides is 2. The van der Waals surface area contributed by atoms with Crippen molar-refractivity contribution in [1.82, 2.24) is 0 Å². The maximum absolute atomic E-state index is 14.7. The molecule has 6 heteroatoms. The molecule has 29 heavy (non-hydrogen) atoms. The molecule has 0 aliphatic heterocycles. The van der Waals surface area contributed by atoms with E-state index < -0.39 is 41.5 Å². The molecule has 2 aromatic carbocycles. The minimum atomic E-state index is -3.17. The van der Waals surface area contributed by atoms with Crippen LogP contribution in [0.3, 0.4) is 0 Å². The summed E-state index contributed by atoms with van der Waals surface area (Å²) in [6.07, 6.45) is 2.64. The highest BCUT2D eigenvalue weighted by Crippen LogP contribution is 2.58. The molecule has 2 aliphatic carbocycles. The topological polar surface area (TPSA) is 52.6 Å². The first-order valence-electron chi connectivity index (χ1n) is 9.45. The highest BCUT2D eigenvalue weighted by molar-refractivity contribution is 5.85. The van der Waals surface area contributed by atoms with Crippen molar-refractivity contribution in [2.75, 3.05) is 0 Å². The van der Waals surface area contributed by atoms with Gasteiger partial charge < -0.3 is 9.47 Å². The molecule has 2 bridgehead atoms. The summed E-state index contributed by atoms with van der Waals surface area (Å²) in [6.45, 7) is -0.0662. The van der Waals surface area contributed by atoms with E-state index in [1.807, 2.05) is 12.1 Å². The molecule has 0 spiro atoms. The Morgan fingerprint density at radius 1 is 0.724 bits per heavy atom. The summed E-state index contributed by atoms with van der Waals surface area (Å²) in [5.41, 5.74) is 1.49. The number of allylic oxidation sites excluding steroid dienone is 2. The second kappa shape index (κ2) is 7.78. The summed E-state index contributed by atoms with van der Waals surface area (Å²) < 4.78 is 39.9. The zero-order valence-electron chi connectivity index (χ0n) is 15.5. The van der Waals surface area contributed by atoms with Gasteiger partial charge in [-0.1, -0.05) is 72.8 Å². The van der Waals surface area contributed by atoms with Crippen molar-refractivity contribution in [3.63, 3.8) is 0 Å². The minimum Gasteiger partial charge on any atom is -0.461 e. The average Bonchev–Trinajstić information content (AvgIpc) is 3.16. The molecule has 0 aromatic heterocycles. The van der Waals surface area contributed by atoms with Gasteiger partial charge in [-0.05, 0) is 11.1 Å². The van der Waals surface area contributed by atoms with E-state index in [1.165, 1.54) is 12.2 Å². The number of halogens is 2. The Morgan fingerprint density at radius 3 is 1.48 bits per heavy atom. The van der Waals surface area contributed by atoms with Gasteiger partial charge in [0.2, 0.25) is 0 Å². The summed E-state index contributed by atoms with van der Waals surface area (Å²) in [7, 11) is 0. The lowest BCUT2D eigenvalue weighted by Crippen LogP contribution is -2.35. The van der Waals surface area contributed by atoms with Crippen LogP contribution in [0.1, 0.15) is 11.1 Å². The maximum atomic E-state index is 14.7. The molecule has 2 aromatic rings. The quantitative estimate of drug-likeness (QED) is 0.542. The van der Waals surface area contributed by atoms with E-state index in [2.05, 4.69) is 0 Å². The summed E-state index contributed by atoms with van der Waals surface area (Å²) in [5, 5.41) is 0. The van der Waals surface area contributed by atoms with Crippen molar-refractivity contribution in [2.24, 2.45) is 23.7 Å². The van der Waals surface area contributed by atoms with Gasteiger partial charge in [0.25, 0.3) is 5.92 Å². The van der Waals surface area contributed by atoms with Gasteiger partial charge in [0, 0.05) is 0 Å². The average molecular weight is 398 g/mol. The third-order valence-corrected chi connectivity index (χ3v) is 5.57. The number of rotatable bonds is 6. The van der Waals surface area contributed by atoms with Crippen LogP contribution in [0.5, 0.6) is 0 Å². The van der Waals surface area contributed by atoms with Crippen molar-refractivity contribution >= 4 is 11.9 Å². The van der Waals surface area contributed by atoms with Crippen LogP contribution in [0.15, 0.2) is 72.8 Å². The second-order valence-electron chi connectivity index (χ2n) is 7.35. The molecule has 150 valence electrons. The first kappa shape index (κ1) is 19.3. The van der Waals surface area contributed by atoms with Crippen molar-refractivity contribution in [3.05, 3.63) is 83.9 Å². The molecular formula is C23H20F2O4. The molecule has 1 fully saturated rings. The van der Waals surface area contributed by atoms with Crippen LogP contribution in [0.2, 0.25) is 0 Å². The minimum absolute atomic E-state index is 0.0331. The van der Waals surface area contributed by atoms with Gasteiger partial charge in [-0.2, -0.15) is 0 Å². The van der Waals surface area contributed by atoms with Crippen LogP contribution in [0, 0.1) is 23.7 Å². The molecule has 4 nitrogen and oxygen atoms in total. The van der Waals surface area contributed by atoms with Crippen LogP contribution in [0.25, 0.3) is 0 Å². The Kier molecular flexibility index (Phi) is 5.18. The maximum Gasteiger partial charge on any atom is 0.311 e. The van der Waals surface area contributed by atoms with Crippen LogP contribution >= 0.6 is 0 Å². The van der Waals surface area contributed by atoms with E-state index in [9.17, 15) is 18.4 Å². The molecule has 0 amide bonds. The van der Waals surface area contributed by atoms with Crippen LogP contribution in [-0.2, 0) is 32.3 Å². The monoisotopic (exact) mass is 398 g/mol. The Labute approximate surface area is 167 Å². The zero-order valence-corrected chi connectivity index (χ0v) is 15.5. The third-order valence-electron chi connectivity index (χ3n) is 5.57. The lowest BCUT2D eigenvalue weighted by molar-refractivity contribution is -0.162. The molecule has 2 aliphatic rings. The number of benzene rings is 2. The summed E-state index contributed by atoms with van der Waals surface area (Å²) in [4.78, 5) is 25.4. The molecule has 1 saturated carbocycles. The molecule has 0 N–H and O–H groups in total. The van der Waals surface area contributed by atoms with Gasteiger partial charge in [0.1, 0.15) is 13.2 Å². The van der Waals surface area contributed by atoms with Gasteiger partial charge in [0.15, 0.2) is 0 Å². The Morgan fingerprint density at radius 2 is 1.10 bits per heavy atom. The number of fused-ring (bicyclic) bond motifs is 2. The third kappa shape index (κ3) is 3.67. The Bertz CT molecular complexity index is 837. The Hall–Kier alpha value is -3.02. The fourth-order valence-corrected chi connectivity index (χ4v) is 4.12. The SMILES string of the molecule is O=C(OCc1ccccc1)[C@@H]1C2C=CC([C@@H]1C(=O)OCc1ccccc1)C2(F)F. The van der Waals surface area contributed by atoms with Crippen LogP contribution in [0.4, 0.5) is 8.78 Å². The van der Waals surface area contributed by atoms with Crippen LogP contribution in [-0.4, -0.2) is 17.9 Å². The number of esters is 2. The summed E-state index contributed by atoms with van der Waals surface area (Å²) in [5.74, 6) is -10.00. The molecule has 0 radical (unpaired) electrons. The standard InChI is InChI=1S/C23H20F2O4/c24-23(25)17-11-12-18(23)20(22(27)29-14-16-9-5-2-6-10-16)19(17)21(26)28-13-15-7-3-1-4-8-15/h1-12,17-20H,13-14H2/t17?,18?,19-,20+. The van der Waals surface area contributed by atoms with Crippen molar-refractivity contribution in [2.45, 2.75) is 19.1 Å². The number of hydrogen-bond donors (Lipinski definition) is 0.